The van der Waals surface area contributed by atoms with E-state index in [0.29, 0.717) is 11.3 Å². The van der Waals surface area contributed by atoms with E-state index in [-0.39, 0.29) is 17.4 Å². The van der Waals surface area contributed by atoms with Crippen molar-refractivity contribution in [2.45, 2.75) is 18.9 Å². The molecule has 0 aliphatic carbocycles. The number of nitrogens with zero attached hydrogens (tertiary/aromatic N) is 3. The minimum absolute atomic E-state index is 0.233. The first kappa shape index (κ1) is 13.8. The number of hydrogen-bond donors (Lipinski definition) is 0. The van der Waals surface area contributed by atoms with Crippen LogP contribution in [0.5, 0.6) is 0 Å². The molecule has 0 saturated heterocycles. The summed E-state index contributed by atoms with van der Waals surface area (Å²) >= 11 is 6.01. The van der Waals surface area contributed by atoms with Crippen molar-refractivity contribution in [1.29, 1.82) is 0 Å². The van der Waals surface area contributed by atoms with E-state index in [0.717, 1.165) is 0 Å². The molecule has 5 nitrogen and oxygen atoms in total. The van der Waals surface area contributed by atoms with Gasteiger partial charge in [-0.1, -0.05) is 16.8 Å². The maximum absolute atomic E-state index is 13.1. The number of oxime groups is 1. The molecule has 3 rings (SSSR count). The molecule has 21 heavy (non-hydrogen) atoms. The van der Waals surface area contributed by atoms with E-state index in [2.05, 4.69) is 10.1 Å². The van der Waals surface area contributed by atoms with Crippen molar-refractivity contribution in [3.8, 4) is 0 Å². The molecule has 0 spiro atoms. The summed E-state index contributed by atoms with van der Waals surface area (Å²) in [4.78, 5) is 21.5. The average molecular weight is 308 g/mol. The van der Waals surface area contributed by atoms with Crippen LogP contribution in [0.25, 0.3) is 0 Å². The molecule has 1 atom stereocenters. The van der Waals surface area contributed by atoms with Gasteiger partial charge in [-0.05, 0) is 25.1 Å². The smallest absolute Gasteiger partial charge is 0.278 e. The summed E-state index contributed by atoms with van der Waals surface area (Å²) < 4.78 is 14.4. The van der Waals surface area contributed by atoms with Crippen molar-refractivity contribution in [2.24, 2.45) is 5.16 Å². The summed E-state index contributed by atoms with van der Waals surface area (Å²) in [5, 5.41) is 4.17. The van der Waals surface area contributed by atoms with Gasteiger partial charge in [-0.25, -0.2) is 9.37 Å². The number of carbonyl (C=O) groups excluding carboxylic acids is 1. The second-order valence-electron chi connectivity index (χ2n) is 4.94. The second kappa shape index (κ2) is 4.96. The molecule has 0 amide bonds. The molecule has 108 valence electrons. The van der Waals surface area contributed by atoms with Gasteiger partial charge in [0, 0.05) is 24.4 Å². The van der Waals surface area contributed by atoms with Gasteiger partial charge in [0.05, 0.1) is 10.7 Å². The number of imidazole rings is 1. The van der Waals surface area contributed by atoms with E-state index in [1.807, 2.05) is 0 Å². The van der Waals surface area contributed by atoms with Gasteiger partial charge in [0.1, 0.15) is 12.1 Å². The topological polar surface area (TPSA) is 56.5 Å². The largest absolute Gasteiger partial charge is 0.379 e. The lowest BCUT2D eigenvalue weighted by molar-refractivity contribution is -0.00129. The van der Waals surface area contributed by atoms with E-state index >= 15 is 0 Å². The molecule has 0 bridgehead atoms. The zero-order valence-corrected chi connectivity index (χ0v) is 11.8. The molecule has 1 unspecified atom stereocenters. The van der Waals surface area contributed by atoms with E-state index in [1.54, 1.807) is 13.1 Å². The van der Waals surface area contributed by atoms with E-state index in [4.69, 9.17) is 16.4 Å². The molecule has 0 N–H and O–H groups in total. The summed E-state index contributed by atoms with van der Waals surface area (Å²) in [6.07, 6.45) is 4.70. The van der Waals surface area contributed by atoms with Crippen molar-refractivity contribution in [3.05, 3.63) is 53.3 Å². The molecule has 7 heteroatoms. The zero-order valence-electron chi connectivity index (χ0n) is 11.1. The first-order valence-electron chi connectivity index (χ1n) is 6.23. The third-order valence-electron chi connectivity index (χ3n) is 3.30. The minimum Gasteiger partial charge on any atom is -0.379 e. The van der Waals surface area contributed by atoms with Crippen LogP contribution < -0.4 is 0 Å². The predicted octanol–water partition coefficient (Wildman–Crippen LogP) is 2.90. The maximum Gasteiger partial charge on any atom is 0.278 e. The molecule has 1 aromatic carbocycles. The molecule has 0 radical (unpaired) electrons. The first-order valence-corrected chi connectivity index (χ1v) is 6.61. The summed E-state index contributed by atoms with van der Waals surface area (Å²) in [5.74, 6) is -0.711. The highest BCUT2D eigenvalue weighted by Crippen LogP contribution is 2.30. The van der Waals surface area contributed by atoms with Crippen molar-refractivity contribution >= 4 is 23.2 Å². The van der Waals surface area contributed by atoms with Crippen LogP contribution in [0.2, 0.25) is 5.02 Å². The number of aromatic nitrogens is 2. The monoisotopic (exact) mass is 307 g/mol. The Morgan fingerprint density at radius 3 is 3.00 bits per heavy atom. The normalized spacial score (nSPS) is 21.0. The average Bonchev–Trinajstić information content (AvgIpc) is 3.08. The van der Waals surface area contributed by atoms with Crippen LogP contribution in [0.3, 0.4) is 0 Å². The number of carbonyl (C=O) groups is 1. The Labute approximate surface area is 125 Å². The number of benzene rings is 1. The lowest BCUT2D eigenvalue weighted by atomic mass is 9.95. The second-order valence-corrected chi connectivity index (χ2v) is 5.34. The third-order valence-corrected chi connectivity index (χ3v) is 3.61. The van der Waals surface area contributed by atoms with Gasteiger partial charge in [-0.3, -0.25) is 9.36 Å². The molecule has 2 aromatic rings. The number of hydrogen-bond acceptors (Lipinski definition) is 4. The molecular formula is C14H11ClFN3O2. The van der Waals surface area contributed by atoms with Crippen molar-refractivity contribution in [2.75, 3.05) is 0 Å². The Kier molecular flexibility index (Phi) is 3.25. The minimum atomic E-state index is -1.13. The van der Waals surface area contributed by atoms with Crippen LogP contribution in [-0.2, 0) is 4.84 Å². The SMILES string of the molecule is CC1(C(=O)n2ccnc2)CC(c2ccc(F)cc2Cl)=NO1. The van der Waals surface area contributed by atoms with Gasteiger partial charge < -0.3 is 4.84 Å². The van der Waals surface area contributed by atoms with Gasteiger partial charge in [-0.15, -0.1) is 0 Å². The fraction of sp³-hybridized carbons (Fsp3) is 0.214. The molecule has 1 aliphatic rings. The zero-order chi connectivity index (χ0) is 15.0. The summed E-state index contributed by atoms with van der Waals surface area (Å²) in [6, 6.07) is 4.01. The van der Waals surface area contributed by atoms with Crippen LogP contribution >= 0.6 is 11.6 Å². The highest BCUT2D eigenvalue weighted by atomic mass is 35.5. The van der Waals surface area contributed by atoms with Gasteiger partial charge in [0.15, 0.2) is 0 Å². The van der Waals surface area contributed by atoms with Crippen LogP contribution in [0.15, 0.2) is 42.1 Å². The van der Waals surface area contributed by atoms with E-state index in [1.165, 1.54) is 35.3 Å². The highest BCUT2D eigenvalue weighted by Gasteiger charge is 2.43. The van der Waals surface area contributed by atoms with Gasteiger partial charge in [0.2, 0.25) is 5.60 Å². The van der Waals surface area contributed by atoms with Gasteiger partial charge in [0.25, 0.3) is 5.91 Å². The molecular weight excluding hydrogens is 297 g/mol. The van der Waals surface area contributed by atoms with Crippen LogP contribution in [0.1, 0.15) is 23.7 Å². The number of rotatable bonds is 2. The van der Waals surface area contributed by atoms with E-state index in [9.17, 15) is 9.18 Å². The third kappa shape index (κ3) is 2.42. The van der Waals surface area contributed by atoms with Crippen LogP contribution in [0.4, 0.5) is 4.39 Å². The lowest BCUT2D eigenvalue weighted by Gasteiger charge is -2.19. The Bertz CT molecular complexity index is 730. The summed E-state index contributed by atoms with van der Waals surface area (Å²) in [5.41, 5.74) is -0.0653. The molecule has 1 aliphatic heterocycles. The highest BCUT2D eigenvalue weighted by molar-refractivity contribution is 6.34. The Morgan fingerprint density at radius 1 is 1.52 bits per heavy atom. The first-order chi connectivity index (χ1) is 9.99. The fourth-order valence-electron chi connectivity index (χ4n) is 2.17. The van der Waals surface area contributed by atoms with Crippen molar-refractivity contribution in [1.82, 2.24) is 9.55 Å². The van der Waals surface area contributed by atoms with E-state index < -0.39 is 11.4 Å². The van der Waals surface area contributed by atoms with Crippen molar-refractivity contribution in [3.63, 3.8) is 0 Å². The van der Waals surface area contributed by atoms with Crippen molar-refractivity contribution < 1.29 is 14.0 Å². The quantitative estimate of drug-likeness (QED) is 0.857. The summed E-state index contributed by atoms with van der Waals surface area (Å²) in [6.45, 7) is 1.64. The predicted molar refractivity (Wildman–Crippen MR) is 74.9 cm³/mol. The lowest BCUT2D eigenvalue weighted by Crippen LogP contribution is -2.39. The Morgan fingerprint density at radius 2 is 2.33 bits per heavy atom. The van der Waals surface area contributed by atoms with Gasteiger partial charge in [-0.2, -0.15) is 0 Å². The molecule has 1 aromatic heterocycles. The summed E-state index contributed by atoms with van der Waals surface area (Å²) in [7, 11) is 0. The maximum atomic E-state index is 13.1. The van der Waals surface area contributed by atoms with Crippen LogP contribution in [0, 0.1) is 5.82 Å². The Hall–Kier alpha value is -2.21. The van der Waals surface area contributed by atoms with Crippen LogP contribution in [-0.4, -0.2) is 26.8 Å². The Balaban J connectivity index is 1.85. The fourth-order valence-corrected chi connectivity index (χ4v) is 2.45. The molecule has 0 saturated carbocycles. The standard InChI is InChI=1S/C14H11ClFN3O2/c1-14(13(20)19-5-4-17-8-19)7-12(18-21-14)10-3-2-9(16)6-11(10)15/h2-6,8H,7H2,1H3. The van der Waals surface area contributed by atoms with Gasteiger partial charge >= 0.3 is 0 Å². The molecule has 0 fully saturated rings. The number of halogens is 2. The molecule has 2 heterocycles.